The highest BCUT2D eigenvalue weighted by molar-refractivity contribution is 6.52. The molecule has 0 radical (unpaired) electrons. The normalized spacial score (nSPS) is 13.9. The number of carbonyl (C=O) groups excluding carboxylic acids is 3. The molecule has 0 aromatic heterocycles. The van der Waals surface area contributed by atoms with Gasteiger partial charge in [0.2, 0.25) is 5.91 Å². The van der Waals surface area contributed by atoms with E-state index in [-0.39, 0.29) is 24.9 Å². The van der Waals surface area contributed by atoms with E-state index in [2.05, 4.69) is 5.32 Å². The van der Waals surface area contributed by atoms with Crippen molar-refractivity contribution < 1.29 is 14.4 Å². The number of nitrogens with one attached hydrogen (secondary N) is 1. The molecule has 1 aromatic carbocycles. The molecular weight excluding hydrogens is 256 g/mol. The van der Waals surface area contributed by atoms with Gasteiger partial charge in [-0.1, -0.05) is 12.1 Å². The lowest BCUT2D eigenvalue weighted by atomic mass is 10.1. The van der Waals surface area contributed by atoms with Gasteiger partial charge < -0.3 is 10.2 Å². The van der Waals surface area contributed by atoms with Crippen molar-refractivity contribution in [3.63, 3.8) is 0 Å². The van der Waals surface area contributed by atoms with Crippen molar-refractivity contribution in [2.45, 2.75) is 33.2 Å². The predicted octanol–water partition coefficient (Wildman–Crippen LogP) is 1.44. The van der Waals surface area contributed by atoms with Gasteiger partial charge in [-0.2, -0.15) is 0 Å². The third-order valence-electron chi connectivity index (χ3n) is 3.20. The Balaban J connectivity index is 2.16. The average molecular weight is 274 g/mol. The number of Topliss-reactive ketones (excluding diaryl/α,β-unsaturated/α-hetero) is 1. The Hall–Kier alpha value is -2.17. The lowest BCUT2D eigenvalue weighted by molar-refractivity contribution is -0.121. The van der Waals surface area contributed by atoms with Crippen LogP contribution in [0.3, 0.4) is 0 Å². The molecule has 5 heteroatoms. The summed E-state index contributed by atoms with van der Waals surface area (Å²) in [6.07, 6.45) is 0.185. The van der Waals surface area contributed by atoms with Gasteiger partial charge >= 0.3 is 0 Å². The number of benzene rings is 1. The fourth-order valence-electron chi connectivity index (χ4n) is 2.36. The van der Waals surface area contributed by atoms with E-state index in [4.69, 9.17) is 0 Å². The van der Waals surface area contributed by atoms with E-state index in [1.165, 1.54) is 4.90 Å². The highest BCUT2D eigenvalue weighted by Crippen LogP contribution is 2.32. The number of fused-ring (bicyclic) bond motifs is 1. The quantitative estimate of drug-likeness (QED) is 0.845. The van der Waals surface area contributed by atoms with E-state index in [0.29, 0.717) is 11.3 Å². The van der Waals surface area contributed by atoms with Gasteiger partial charge in [-0.15, -0.1) is 0 Å². The maximum absolute atomic E-state index is 12.0. The molecule has 1 aliphatic rings. The topological polar surface area (TPSA) is 66.5 Å². The van der Waals surface area contributed by atoms with Crippen LogP contribution in [-0.4, -0.2) is 30.2 Å². The number of rotatable bonds is 4. The highest BCUT2D eigenvalue weighted by atomic mass is 16.2. The Kier molecular flexibility index (Phi) is 3.88. The minimum atomic E-state index is -0.549. The SMILES string of the molecule is Cc1cccc2c1N(CCC(=O)NC(C)C)C(=O)C2=O. The Bertz CT molecular complexity index is 578. The first kappa shape index (κ1) is 14.2. The van der Waals surface area contributed by atoms with Crippen molar-refractivity contribution in [2.75, 3.05) is 11.4 Å². The maximum Gasteiger partial charge on any atom is 0.299 e. The average Bonchev–Trinajstić information content (AvgIpc) is 2.61. The van der Waals surface area contributed by atoms with Crippen molar-refractivity contribution >= 4 is 23.3 Å². The number of aryl methyl sites for hydroxylation is 1. The molecule has 20 heavy (non-hydrogen) atoms. The van der Waals surface area contributed by atoms with E-state index in [1.807, 2.05) is 26.8 Å². The molecule has 5 nitrogen and oxygen atoms in total. The minimum absolute atomic E-state index is 0.0624. The van der Waals surface area contributed by atoms with Gasteiger partial charge in [0.15, 0.2) is 0 Å². The van der Waals surface area contributed by atoms with Gasteiger partial charge in [0, 0.05) is 19.0 Å². The van der Waals surface area contributed by atoms with Crippen molar-refractivity contribution in [2.24, 2.45) is 0 Å². The van der Waals surface area contributed by atoms with E-state index in [0.717, 1.165) is 5.56 Å². The summed E-state index contributed by atoms with van der Waals surface area (Å²) >= 11 is 0. The number of amides is 2. The number of nitrogens with zero attached hydrogens (tertiary/aromatic N) is 1. The van der Waals surface area contributed by atoms with Crippen LogP contribution in [0.2, 0.25) is 0 Å². The first-order valence-electron chi connectivity index (χ1n) is 6.67. The van der Waals surface area contributed by atoms with Gasteiger partial charge in [-0.25, -0.2) is 0 Å². The first-order chi connectivity index (χ1) is 9.41. The molecule has 0 fully saturated rings. The standard InChI is InChI=1S/C15H18N2O3/c1-9(2)16-12(18)7-8-17-13-10(3)5-4-6-11(13)14(19)15(17)20/h4-6,9H,7-8H2,1-3H3,(H,16,18). The zero-order valence-corrected chi connectivity index (χ0v) is 11.9. The van der Waals surface area contributed by atoms with Crippen LogP contribution in [0.15, 0.2) is 18.2 Å². The van der Waals surface area contributed by atoms with Crippen LogP contribution in [0.5, 0.6) is 0 Å². The summed E-state index contributed by atoms with van der Waals surface area (Å²) in [5.41, 5.74) is 1.94. The summed E-state index contributed by atoms with van der Waals surface area (Å²) in [6, 6.07) is 5.32. The fourth-order valence-corrected chi connectivity index (χ4v) is 2.36. The van der Waals surface area contributed by atoms with Crippen LogP contribution >= 0.6 is 0 Å². The first-order valence-corrected chi connectivity index (χ1v) is 6.67. The molecule has 0 bridgehead atoms. The van der Waals surface area contributed by atoms with Gasteiger partial charge in [-0.3, -0.25) is 14.4 Å². The Morgan fingerprint density at radius 3 is 2.65 bits per heavy atom. The summed E-state index contributed by atoms with van der Waals surface area (Å²) in [7, 11) is 0. The van der Waals surface area contributed by atoms with Crippen molar-refractivity contribution in [1.29, 1.82) is 0 Å². The molecule has 1 N–H and O–H groups in total. The maximum atomic E-state index is 12.0. The fraction of sp³-hybridized carbons (Fsp3) is 0.400. The van der Waals surface area contributed by atoms with E-state index in [1.54, 1.807) is 12.1 Å². The summed E-state index contributed by atoms with van der Waals surface area (Å²) in [4.78, 5) is 37.0. The molecular formula is C15H18N2O3. The van der Waals surface area contributed by atoms with Gasteiger partial charge in [0.1, 0.15) is 0 Å². The molecule has 0 saturated heterocycles. The minimum Gasteiger partial charge on any atom is -0.354 e. The molecule has 0 saturated carbocycles. The van der Waals surface area contributed by atoms with Gasteiger partial charge in [0.25, 0.3) is 11.7 Å². The van der Waals surface area contributed by atoms with Crippen molar-refractivity contribution in [3.05, 3.63) is 29.3 Å². The number of para-hydroxylation sites is 1. The molecule has 1 aliphatic heterocycles. The Labute approximate surface area is 118 Å². The Morgan fingerprint density at radius 1 is 1.30 bits per heavy atom. The summed E-state index contributed by atoms with van der Waals surface area (Å²) < 4.78 is 0. The van der Waals surface area contributed by atoms with Crippen LogP contribution in [-0.2, 0) is 9.59 Å². The van der Waals surface area contributed by atoms with E-state index in [9.17, 15) is 14.4 Å². The van der Waals surface area contributed by atoms with Crippen LogP contribution in [0.4, 0.5) is 5.69 Å². The van der Waals surface area contributed by atoms with Crippen LogP contribution < -0.4 is 10.2 Å². The number of ketones is 1. The van der Waals surface area contributed by atoms with Crippen LogP contribution in [0, 0.1) is 6.92 Å². The molecule has 2 amide bonds. The third kappa shape index (κ3) is 2.57. The van der Waals surface area contributed by atoms with Crippen molar-refractivity contribution in [1.82, 2.24) is 5.32 Å². The molecule has 0 spiro atoms. The molecule has 0 unspecified atom stereocenters. The molecule has 1 aromatic rings. The monoisotopic (exact) mass is 274 g/mol. The van der Waals surface area contributed by atoms with Crippen LogP contribution in [0.1, 0.15) is 36.2 Å². The second-order valence-electron chi connectivity index (χ2n) is 5.23. The van der Waals surface area contributed by atoms with E-state index < -0.39 is 11.7 Å². The zero-order chi connectivity index (χ0) is 14.9. The van der Waals surface area contributed by atoms with E-state index >= 15 is 0 Å². The zero-order valence-electron chi connectivity index (χ0n) is 11.9. The smallest absolute Gasteiger partial charge is 0.299 e. The molecule has 0 atom stereocenters. The summed E-state index contributed by atoms with van der Waals surface area (Å²) in [5.74, 6) is -1.16. The molecule has 1 heterocycles. The molecule has 2 rings (SSSR count). The second-order valence-corrected chi connectivity index (χ2v) is 5.23. The third-order valence-corrected chi connectivity index (χ3v) is 3.20. The summed E-state index contributed by atoms with van der Waals surface area (Å²) in [6.45, 7) is 5.83. The highest BCUT2D eigenvalue weighted by Gasteiger charge is 2.36. The number of hydrogen-bond acceptors (Lipinski definition) is 3. The molecule has 106 valence electrons. The number of anilines is 1. The van der Waals surface area contributed by atoms with Crippen molar-refractivity contribution in [3.8, 4) is 0 Å². The lowest BCUT2D eigenvalue weighted by Crippen LogP contribution is -2.36. The number of hydrogen-bond donors (Lipinski definition) is 1. The Morgan fingerprint density at radius 2 is 2.00 bits per heavy atom. The van der Waals surface area contributed by atoms with Crippen LogP contribution in [0.25, 0.3) is 0 Å². The van der Waals surface area contributed by atoms with Gasteiger partial charge in [-0.05, 0) is 32.4 Å². The second kappa shape index (κ2) is 5.45. The lowest BCUT2D eigenvalue weighted by Gasteiger charge is -2.18. The number of carbonyl (C=O) groups is 3. The largest absolute Gasteiger partial charge is 0.354 e. The predicted molar refractivity (Wildman–Crippen MR) is 75.8 cm³/mol. The van der Waals surface area contributed by atoms with Gasteiger partial charge in [0.05, 0.1) is 11.3 Å². The molecule has 0 aliphatic carbocycles. The summed E-state index contributed by atoms with van der Waals surface area (Å²) in [5, 5.41) is 2.77.